The smallest absolute Gasteiger partial charge is 0.303 e. The van der Waals surface area contributed by atoms with Crippen LogP contribution in [-0.4, -0.2) is 55.0 Å². The van der Waals surface area contributed by atoms with Gasteiger partial charge in [-0.25, -0.2) is 0 Å². The van der Waals surface area contributed by atoms with E-state index in [-0.39, 0.29) is 12.6 Å². The summed E-state index contributed by atoms with van der Waals surface area (Å²) in [5.74, 6) is -1.62. The van der Waals surface area contributed by atoms with E-state index < -0.39 is 42.3 Å². The van der Waals surface area contributed by atoms with Crippen molar-refractivity contribution in [1.29, 1.82) is 0 Å². The van der Waals surface area contributed by atoms with Gasteiger partial charge in [-0.15, -0.1) is 0 Å². The van der Waals surface area contributed by atoms with Crippen LogP contribution in [0.2, 0.25) is 0 Å². The van der Waals surface area contributed by atoms with Gasteiger partial charge in [-0.3, -0.25) is 14.4 Å². The Bertz CT molecular complexity index is 694. The maximum Gasteiger partial charge on any atom is 0.303 e. The van der Waals surface area contributed by atoms with Gasteiger partial charge in [-0.1, -0.05) is 30.3 Å². The summed E-state index contributed by atoms with van der Waals surface area (Å²) in [6.07, 6.45) is -2.66. The molecule has 0 bridgehead atoms. The summed E-state index contributed by atoms with van der Waals surface area (Å²) in [5, 5.41) is 3.41. The first-order chi connectivity index (χ1) is 13.8. The molecule has 2 rings (SSSR count). The third kappa shape index (κ3) is 7.47. The van der Waals surface area contributed by atoms with Crippen LogP contribution in [0.3, 0.4) is 0 Å². The lowest BCUT2D eigenvalue weighted by Gasteiger charge is -2.41. The first-order valence-electron chi connectivity index (χ1n) is 9.66. The molecule has 1 unspecified atom stereocenters. The van der Waals surface area contributed by atoms with E-state index in [0.717, 1.165) is 5.56 Å². The van der Waals surface area contributed by atoms with Crippen LogP contribution in [0, 0.1) is 0 Å². The second-order valence-electron chi connectivity index (χ2n) is 7.17. The Labute approximate surface area is 170 Å². The minimum absolute atomic E-state index is 0.0292. The number of esters is 3. The Hall–Kier alpha value is -2.45. The van der Waals surface area contributed by atoms with Crippen LogP contribution >= 0.6 is 0 Å². The lowest BCUT2D eigenvalue weighted by molar-refractivity contribution is -0.227. The van der Waals surface area contributed by atoms with E-state index in [2.05, 4.69) is 5.32 Å². The molecule has 0 saturated carbocycles. The fourth-order valence-electron chi connectivity index (χ4n) is 3.34. The van der Waals surface area contributed by atoms with Gasteiger partial charge in [0.25, 0.3) is 0 Å². The van der Waals surface area contributed by atoms with Gasteiger partial charge in [0.15, 0.2) is 18.3 Å². The molecular formula is C21H29NO7. The molecule has 8 heteroatoms. The molecular weight excluding hydrogens is 378 g/mol. The molecule has 1 heterocycles. The number of rotatable bonds is 8. The Kier molecular flexibility index (Phi) is 8.60. The fraction of sp³-hybridized carbons (Fsp3) is 0.571. The zero-order valence-electron chi connectivity index (χ0n) is 17.3. The van der Waals surface area contributed by atoms with Crippen molar-refractivity contribution < 1.29 is 33.3 Å². The number of nitrogens with one attached hydrogen (secondary N) is 1. The summed E-state index contributed by atoms with van der Waals surface area (Å²) >= 11 is 0. The third-order valence-corrected chi connectivity index (χ3v) is 4.54. The molecule has 1 aromatic carbocycles. The predicted molar refractivity (Wildman–Crippen MR) is 104 cm³/mol. The topological polar surface area (TPSA) is 100 Å². The van der Waals surface area contributed by atoms with Crippen molar-refractivity contribution in [2.45, 2.75) is 71.1 Å². The number of hydrogen-bond donors (Lipinski definition) is 1. The lowest BCUT2D eigenvalue weighted by Crippen LogP contribution is -2.58. The maximum absolute atomic E-state index is 11.7. The first kappa shape index (κ1) is 22.8. The Morgan fingerprint density at radius 3 is 2.17 bits per heavy atom. The monoisotopic (exact) mass is 407 g/mol. The highest BCUT2D eigenvalue weighted by atomic mass is 16.6. The van der Waals surface area contributed by atoms with Gasteiger partial charge in [0.05, 0.1) is 12.7 Å². The molecule has 8 nitrogen and oxygen atoms in total. The highest BCUT2D eigenvalue weighted by Gasteiger charge is 2.46. The molecule has 1 saturated heterocycles. The standard InChI is InChI=1S/C21H29NO7/c1-13(22-11-17-8-6-5-7-9-17)10-18-20(28-15(3)24)21(29-16(4)25)19(12-26-18)27-14(2)23/h5-9,13,18-22H,10-12H2,1-4H3/t13?,18-,19+,20-,21-/m0/s1. The molecule has 29 heavy (non-hydrogen) atoms. The van der Waals surface area contributed by atoms with Gasteiger partial charge in [0, 0.05) is 33.4 Å². The number of benzene rings is 1. The Morgan fingerprint density at radius 2 is 1.59 bits per heavy atom. The van der Waals surface area contributed by atoms with Crippen LogP contribution in [0.15, 0.2) is 30.3 Å². The summed E-state index contributed by atoms with van der Waals surface area (Å²) < 4.78 is 21.9. The average Bonchev–Trinajstić information content (AvgIpc) is 2.64. The zero-order valence-corrected chi connectivity index (χ0v) is 17.3. The fourth-order valence-corrected chi connectivity index (χ4v) is 3.34. The van der Waals surface area contributed by atoms with E-state index in [4.69, 9.17) is 18.9 Å². The third-order valence-electron chi connectivity index (χ3n) is 4.54. The average molecular weight is 407 g/mol. The van der Waals surface area contributed by atoms with Gasteiger partial charge in [-0.05, 0) is 18.9 Å². The maximum atomic E-state index is 11.7. The van der Waals surface area contributed by atoms with E-state index in [0.29, 0.717) is 13.0 Å². The SMILES string of the molecule is CC(=O)O[C@@H]1[C@@H](OC(C)=O)[C@H](OC(C)=O)CO[C@H]1CC(C)NCc1ccccc1. The van der Waals surface area contributed by atoms with Crippen molar-refractivity contribution in [1.82, 2.24) is 5.32 Å². The van der Waals surface area contributed by atoms with E-state index in [9.17, 15) is 14.4 Å². The molecule has 1 N–H and O–H groups in total. The molecule has 1 fully saturated rings. The lowest BCUT2D eigenvalue weighted by atomic mass is 9.94. The van der Waals surface area contributed by atoms with Gasteiger partial charge in [0.1, 0.15) is 0 Å². The van der Waals surface area contributed by atoms with Crippen molar-refractivity contribution in [3.63, 3.8) is 0 Å². The highest BCUT2D eigenvalue weighted by molar-refractivity contribution is 5.68. The quantitative estimate of drug-likeness (QED) is 0.514. The van der Waals surface area contributed by atoms with Crippen LogP contribution in [0.5, 0.6) is 0 Å². The minimum Gasteiger partial charge on any atom is -0.456 e. The van der Waals surface area contributed by atoms with E-state index >= 15 is 0 Å². The Balaban J connectivity index is 2.08. The summed E-state index contributed by atoms with van der Waals surface area (Å²) in [4.78, 5) is 34.7. The normalized spacial score (nSPS) is 25.0. The molecule has 0 radical (unpaired) electrons. The molecule has 0 amide bonds. The summed E-state index contributed by atoms with van der Waals surface area (Å²) in [7, 11) is 0. The van der Waals surface area contributed by atoms with Crippen molar-refractivity contribution >= 4 is 17.9 Å². The number of carbonyl (C=O) groups excluding carboxylic acids is 3. The molecule has 0 aromatic heterocycles. The van der Waals surface area contributed by atoms with Crippen LogP contribution in [0.1, 0.15) is 39.7 Å². The number of hydrogen-bond acceptors (Lipinski definition) is 8. The summed E-state index contributed by atoms with van der Waals surface area (Å²) in [6.45, 7) is 6.50. The molecule has 5 atom stereocenters. The van der Waals surface area contributed by atoms with E-state index in [1.54, 1.807) is 0 Å². The number of carbonyl (C=O) groups is 3. The minimum atomic E-state index is -0.930. The van der Waals surface area contributed by atoms with E-state index in [1.807, 2.05) is 37.3 Å². The first-order valence-corrected chi connectivity index (χ1v) is 9.66. The van der Waals surface area contributed by atoms with Gasteiger partial charge < -0.3 is 24.3 Å². The molecule has 1 aliphatic heterocycles. The predicted octanol–water partition coefficient (Wildman–Crippen LogP) is 1.75. The van der Waals surface area contributed by atoms with E-state index in [1.165, 1.54) is 20.8 Å². The van der Waals surface area contributed by atoms with Gasteiger partial charge in [0.2, 0.25) is 0 Å². The van der Waals surface area contributed by atoms with Crippen molar-refractivity contribution in [3.8, 4) is 0 Å². The van der Waals surface area contributed by atoms with Gasteiger partial charge in [-0.2, -0.15) is 0 Å². The molecule has 0 spiro atoms. The van der Waals surface area contributed by atoms with Crippen LogP contribution in [-0.2, 0) is 39.9 Å². The largest absolute Gasteiger partial charge is 0.456 e. The zero-order chi connectivity index (χ0) is 21.4. The van der Waals surface area contributed by atoms with Crippen molar-refractivity contribution in [2.75, 3.05) is 6.61 Å². The summed E-state index contributed by atoms with van der Waals surface area (Å²) in [5.41, 5.74) is 1.15. The summed E-state index contributed by atoms with van der Waals surface area (Å²) in [6, 6.07) is 9.99. The number of ether oxygens (including phenoxy) is 4. The highest BCUT2D eigenvalue weighted by Crippen LogP contribution is 2.27. The second kappa shape index (κ2) is 10.9. The second-order valence-corrected chi connectivity index (χ2v) is 7.17. The Morgan fingerprint density at radius 1 is 1.00 bits per heavy atom. The molecule has 1 aliphatic rings. The van der Waals surface area contributed by atoms with Gasteiger partial charge >= 0.3 is 17.9 Å². The van der Waals surface area contributed by atoms with Crippen molar-refractivity contribution in [2.24, 2.45) is 0 Å². The molecule has 1 aromatic rings. The van der Waals surface area contributed by atoms with Crippen LogP contribution in [0.25, 0.3) is 0 Å². The molecule has 0 aliphatic carbocycles. The van der Waals surface area contributed by atoms with Crippen LogP contribution in [0.4, 0.5) is 0 Å². The van der Waals surface area contributed by atoms with Crippen molar-refractivity contribution in [3.05, 3.63) is 35.9 Å². The molecule has 160 valence electrons. The van der Waals surface area contributed by atoms with Crippen LogP contribution < -0.4 is 5.32 Å².